The molecule has 1 unspecified atom stereocenters. The molecule has 0 aromatic carbocycles. The predicted molar refractivity (Wildman–Crippen MR) is 48.0 cm³/mol. The molecule has 1 N–H and O–H groups in total. The molecule has 3 nitrogen and oxygen atoms in total. The average Bonchev–Trinajstić information content (AvgIpc) is 2.59. The molecule has 2 rings (SSSR count). The maximum atomic E-state index is 5.50. The van der Waals surface area contributed by atoms with Gasteiger partial charge in [0.05, 0.1) is 6.61 Å². The van der Waals surface area contributed by atoms with E-state index in [2.05, 4.69) is 10.2 Å². The summed E-state index contributed by atoms with van der Waals surface area (Å²) in [5.74, 6) is 0. The molecule has 3 heteroatoms. The van der Waals surface area contributed by atoms with Crippen molar-refractivity contribution >= 4 is 0 Å². The van der Waals surface area contributed by atoms with Crippen molar-refractivity contribution in [2.75, 3.05) is 32.8 Å². The SMILES string of the molecule is C1CCN(CC2NCCO2)CC1. The van der Waals surface area contributed by atoms with Crippen LogP contribution in [-0.4, -0.2) is 43.9 Å². The number of piperidine rings is 1. The molecule has 2 aliphatic heterocycles. The molecule has 0 amide bonds. The van der Waals surface area contributed by atoms with Crippen LogP contribution in [0.2, 0.25) is 0 Å². The summed E-state index contributed by atoms with van der Waals surface area (Å²) >= 11 is 0. The molecule has 2 heterocycles. The predicted octanol–water partition coefficient (Wildman–Crippen LogP) is 0.418. The van der Waals surface area contributed by atoms with E-state index in [4.69, 9.17) is 4.74 Å². The van der Waals surface area contributed by atoms with Gasteiger partial charge in [0, 0.05) is 13.1 Å². The third-order valence-corrected chi connectivity index (χ3v) is 2.67. The van der Waals surface area contributed by atoms with Crippen LogP contribution < -0.4 is 5.32 Å². The van der Waals surface area contributed by atoms with Crippen LogP contribution in [0.25, 0.3) is 0 Å². The topological polar surface area (TPSA) is 24.5 Å². The van der Waals surface area contributed by atoms with Crippen molar-refractivity contribution in [1.82, 2.24) is 10.2 Å². The summed E-state index contributed by atoms with van der Waals surface area (Å²) in [6.07, 6.45) is 4.46. The van der Waals surface area contributed by atoms with Gasteiger partial charge in [0.15, 0.2) is 0 Å². The Kier molecular flexibility index (Phi) is 2.98. The van der Waals surface area contributed by atoms with Crippen molar-refractivity contribution in [1.29, 1.82) is 0 Å². The minimum atomic E-state index is 0.308. The zero-order valence-corrected chi connectivity index (χ0v) is 7.59. The van der Waals surface area contributed by atoms with Gasteiger partial charge in [0.25, 0.3) is 0 Å². The third kappa shape index (κ3) is 2.19. The molecule has 0 aliphatic carbocycles. The van der Waals surface area contributed by atoms with E-state index < -0.39 is 0 Å². The van der Waals surface area contributed by atoms with E-state index >= 15 is 0 Å². The first-order chi connectivity index (χ1) is 5.95. The van der Waals surface area contributed by atoms with Crippen LogP contribution in [0, 0.1) is 0 Å². The van der Waals surface area contributed by atoms with Crippen molar-refractivity contribution in [3.05, 3.63) is 0 Å². The van der Waals surface area contributed by atoms with Gasteiger partial charge in [-0.2, -0.15) is 0 Å². The van der Waals surface area contributed by atoms with Gasteiger partial charge in [-0.15, -0.1) is 0 Å². The van der Waals surface area contributed by atoms with Gasteiger partial charge in [-0.25, -0.2) is 0 Å². The summed E-state index contributed by atoms with van der Waals surface area (Å²) in [6.45, 7) is 5.53. The van der Waals surface area contributed by atoms with Crippen LogP contribution in [0.1, 0.15) is 19.3 Å². The highest BCUT2D eigenvalue weighted by Gasteiger charge is 2.19. The van der Waals surface area contributed by atoms with Gasteiger partial charge >= 0.3 is 0 Å². The number of nitrogens with zero attached hydrogens (tertiary/aromatic N) is 1. The largest absolute Gasteiger partial charge is 0.361 e. The normalized spacial score (nSPS) is 32.5. The lowest BCUT2D eigenvalue weighted by atomic mass is 10.1. The number of rotatable bonds is 2. The van der Waals surface area contributed by atoms with Crippen molar-refractivity contribution < 1.29 is 4.74 Å². The Morgan fingerprint density at radius 1 is 1.25 bits per heavy atom. The quantitative estimate of drug-likeness (QED) is 0.650. The molecule has 0 saturated carbocycles. The maximum Gasteiger partial charge on any atom is 0.121 e. The van der Waals surface area contributed by atoms with Crippen molar-refractivity contribution in [2.45, 2.75) is 25.5 Å². The van der Waals surface area contributed by atoms with Crippen LogP contribution in [0.3, 0.4) is 0 Å². The molecule has 70 valence electrons. The van der Waals surface area contributed by atoms with Gasteiger partial charge in [-0.3, -0.25) is 10.2 Å². The highest BCUT2D eigenvalue weighted by molar-refractivity contribution is 4.71. The highest BCUT2D eigenvalue weighted by atomic mass is 16.5. The molecule has 0 aromatic rings. The number of nitrogens with one attached hydrogen (secondary N) is 1. The lowest BCUT2D eigenvalue weighted by Gasteiger charge is -2.28. The maximum absolute atomic E-state index is 5.50. The Morgan fingerprint density at radius 2 is 2.08 bits per heavy atom. The second-order valence-electron chi connectivity index (χ2n) is 3.67. The van der Waals surface area contributed by atoms with Crippen LogP contribution in [0.5, 0.6) is 0 Å². The molecule has 0 aromatic heterocycles. The first kappa shape index (κ1) is 8.48. The molecule has 2 fully saturated rings. The smallest absolute Gasteiger partial charge is 0.121 e. The van der Waals surface area contributed by atoms with Crippen molar-refractivity contribution in [3.63, 3.8) is 0 Å². The molecule has 1 atom stereocenters. The number of likely N-dealkylation sites (tertiary alicyclic amines) is 1. The first-order valence-electron chi connectivity index (χ1n) is 5.02. The summed E-state index contributed by atoms with van der Waals surface area (Å²) in [6, 6.07) is 0. The summed E-state index contributed by atoms with van der Waals surface area (Å²) in [5.41, 5.74) is 0. The number of hydrogen-bond donors (Lipinski definition) is 1. The summed E-state index contributed by atoms with van der Waals surface area (Å²) in [7, 11) is 0. The van der Waals surface area contributed by atoms with E-state index in [1.807, 2.05) is 0 Å². The van der Waals surface area contributed by atoms with Gasteiger partial charge in [-0.1, -0.05) is 6.42 Å². The second kappa shape index (κ2) is 4.21. The zero-order valence-electron chi connectivity index (χ0n) is 7.59. The van der Waals surface area contributed by atoms with Crippen molar-refractivity contribution in [2.24, 2.45) is 0 Å². The molecular formula is C9H18N2O. The van der Waals surface area contributed by atoms with Crippen LogP contribution in [0.15, 0.2) is 0 Å². The van der Waals surface area contributed by atoms with Crippen LogP contribution in [0.4, 0.5) is 0 Å². The van der Waals surface area contributed by atoms with Gasteiger partial charge in [-0.05, 0) is 25.9 Å². The minimum Gasteiger partial charge on any atom is -0.361 e. The molecule has 0 spiro atoms. The van der Waals surface area contributed by atoms with Gasteiger partial charge < -0.3 is 4.74 Å². The summed E-state index contributed by atoms with van der Waals surface area (Å²) in [5, 5.41) is 3.34. The van der Waals surface area contributed by atoms with Crippen molar-refractivity contribution in [3.8, 4) is 0 Å². The Morgan fingerprint density at radius 3 is 2.75 bits per heavy atom. The standard InChI is InChI=1S/C9H18N2O/c1-2-5-11(6-3-1)8-9-10-4-7-12-9/h9-10H,1-8H2. The van der Waals surface area contributed by atoms with E-state index in [-0.39, 0.29) is 0 Å². The Bertz CT molecular complexity index is 128. The number of hydrogen-bond acceptors (Lipinski definition) is 3. The molecular weight excluding hydrogens is 152 g/mol. The molecule has 2 saturated heterocycles. The average molecular weight is 170 g/mol. The minimum absolute atomic E-state index is 0.308. The fraction of sp³-hybridized carbons (Fsp3) is 1.00. The lowest BCUT2D eigenvalue weighted by Crippen LogP contribution is -2.40. The van der Waals surface area contributed by atoms with E-state index in [0.29, 0.717) is 6.23 Å². The first-order valence-corrected chi connectivity index (χ1v) is 5.02. The highest BCUT2D eigenvalue weighted by Crippen LogP contribution is 2.09. The zero-order chi connectivity index (χ0) is 8.23. The Labute approximate surface area is 74.1 Å². The molecule has 0 bridgehead atoms. The summed E-state index contributed by atoms with van der Waals surface area (Å²) < 4.78 is 5.50. The lowest BCUT2D eigenvalue weighted by molar-refractivity contribution is 0.0576. The summed E-state index contributed by atoms with van der Waals surface area (Å²) in [4.78, 5) is 2.51. The molecule has 0 radical (unpaired) electrons. The van der Waals surface area contributed by atoms with Crippen LogP contribution in [-0.2, 0) is 4.74 Å². The Hall–Kier alpha value is -0.120. The number of ether oxygens (including phenoxy) is 1. The van der Waals surface area contributed by atoms with E-state index in [1.54, 1.807) is 0 Å². The fourth-order valence-corrected chi connectivity index (χ4v) is 1.97. The van der Waals surface area contributed by atoms with Crippen LogP contribution >= 0.6 is 0 Å². The second-order valence-corrected chi connectivity index (χ2v) is 3.67. The molecule has 12 heavy (non-hydrogen) atoms. The van der Waals surface area contributed by atoms with E-state index in [0.717, 1.165) is 19.7 Å². The van der Waals surface area contributed by atoms with E-state index in [1.165, 1.54) is 32.4 Å². The van der Waals surface area contributed by atoms with Gasteiger partial charge in [0.2, 0.25) is 0 Å². The third-order valence-electron chi connectivity index (χ3n) is 2.67. The van der Waals surface area contributed by atoms with E-state index in [9.17, 15) is 0 Å². The molecule has 2 aliphatic rings. The monoisotopic (exact) mass is 170 g/mol. The van der Waals surface area contributed by atoms with Gasteiger partial charge in [0.1, 0.15) is 6.23 Å². The fourth-order valence-electron chi connectivity index (χ4n) is 1.97. The Balaban J connectivity index is 1.69.